The zero-order valence-corrected chi connectivity index (χ0v) is 26.2. The van der Waals surface area contributed by atoms with Gasteiger partial charge >= 0.3 is 202 Å². The Morgan fingerprint density at radius 1 is 0.818 bits per heavy atom. The van der Waals surface area contributed by atoms with E-state index in [4.69, 9.17) is 0 Å². The van der Waals surface area contributed by atoms with E-state index in [1.807, 2.05) is 0 Å². The summed E-state index contributed by atoms with van der Waals surface area (Å²) in [5.74, 6) is 0. The molecular weight excluding hydrogens is 539 g/mol. The number of hydrogen-bond donors (Lipinski definition) is 0. The van der Waals surface area contributed by atoms with Gasteiger partial charge in [0.1, 0.15) is 0 Å². The van der Waals surface area contributed by atoms with E-state index in [1.165, 1.54) is 27.8 Å². The van der Waals surface area contributed by atoms with Gasteiger partial charge in [-0.25, -0.2) is 0 Å². The molecule has 0 aliphatic heterocycles. The fourth-order valence-corrected chi connectivity index (χ4v) is 21.2. The second kappa shape index (κ2) is 10.5. The normalized spacial score (nSPS) is 19.5. The predicted octanol–water partition coefficient (Wildman–Crippen LogP) is 2.68. The van der Waals surface area contributed by atoms with Gasteiger partial charge in [0.05, 0.1) is 0 Å². The maximum atomic E-state index is 2.66. The molecule has 0 N–H and O–H groups in total. The van der Waals surface area contributed by atoms with Crippen LogP contribution >= 0.6 is 0 Å². The summed E-state index contributed by atoms with van der Waals surface area (Å²) in [5.41, 5.74) is 12.9. The van der Waals surface area contributed by atoms with Crippen molar-refractivity contribution in [2.24, 2.45) is 0 Å². The van der Waals surface area contributed by atoms with Crippen molar-refractivity contribution < 1.29 is 47.2 Å². The minimum Gasteiger partial charge on any atom is -1.00 e. The summed E-state index contributed by atoms with van der Waals surface area (Å²) >= 11 is -0.613. The zero-order valence-electron chi connectivity index (χ0n) is 21.2. The Morgan fingerprint density at radius 2 is 1.45 bits per heavy atom. The maximum absolute atomic E-state index is 2.66. The third-order valence-electron chi connectivity index (χ3n) is 7.01. The van der Waals surface area contributed by atoms with Gasteiger partial charge in [0.15, 0.2) is 0 Å². The van der Waals surface area contributed by atoms with Gasteiger partial charge in [-0.2, -0.15) is 0 Å². The van der Waals surface area contributed by atoms with E-state index in [1.54, 1.807) is 16.7 Å². The first-order chi connectivity index (χ1) is 14.5. The van der Waals surface area contributed by atoms with E-state index < -0.39 is 27.6 Å². The Bertz CT molecular complexity index is 1100. The Balaban J connectivity index is 0.00000193. The summed E-state index contributed by atoms with van der Waals surface area (Å²) in [6.45, 7) is 19.2. The Labute approximate surface area is 225 Å². The van der Waals surface area contributed by atoms with Crippen LogP contribution in [0.1, 0.15) is 61.9 Å². The minimum absolute atomic E-state index is 0. The molecule has 0 spiro atoms. The topological polar surface area (TPSA) is 0 Å². The first kappa shape index (κ1) is 28.6. The summed E-state index contributed by atoms with van der Waals surface area (Å²) in [4.78, 5) is 0. The van der Waals surface area contributed by atoms with Crippen LogP contribution in [-0.4, -0.2) is 5.20 Å². The third-order valence-corrected chi connectivity index (χ3v) is 22.0. The summed E-state index contributed by atoms with van der Waals surface area (Å²) in [6.07, 6.45) is 7.50. The molecule has 2 aliphatic rings. The summed E-state index contributed by atoms with van der Waals surface area (Å²) in [6, 6.07) is 16.3. The smallest absolute Gasteiger partial charge is 1.00 e. The van der Waals surface area contributed by atoms with Crippen molar-refractivity contribution in [2.45, 2.75) is 69.2 Å². The van der Waals surface area contributed by atoms with E-state index in [-0.39, 0.29) is 30.2 Å². The molecule has 2 atom stereocenters. The van der Waals surface area contributed by atoms with Crippen molar-refractivity contribution in [1.82, 2.24) is 0 Å². The van der Waals surface area contributed by atoms with E-state index >= 15 is 0 Å². The number of halogens is 2. The number of benzene rings is 2. The Hall–Kier alpha value is -0.660. The molecule has 174 valence electrons. The van der Waals surface area contributed by atoms with E-state index in [0.717, 1.165) is 9.17 Å². The minimum atomic E-state index is -1.29. The average Bonchev–Trinajstić information content (AvgIpc) is 3.20. The third kappa shape index (κ3) is 5.78. The quantitative estimate of drug-likeness (QED) is 0.493. The predicted molar refractivity (Wildman–Crippen MR) is 136 cm³/mol. The fourth-order valence-electron chi connectivity index (χ4n) is 5.28. The Kier molecular flexibility index (Phi) is 9.12. The number of allylic oxidation sites excluding steroid dienone is 5. The van der Waals surface area contributed by atoms with E-state index in [9.17, 15) is 0 Å². The maximum Gasteiger partial charge on any atom is -1.00 e. The second-order valence-corrected chi connectivity index (χ2v) is 28.5. The Morgan fingerprint density at radius 3 is 2.00 bits per heavy atom. The van der Waals surface area contributed by atoms with Gasteiger partial charge in [-0.3, -0.25) is 0 Å². The summed E-state index contributed by atoms with van der Waals surface area (Å²) in [5, 5.41) is -1.29. The molecule has 0 heterocycles. The zero-order chi connectivity index (χ0) is 22.6. The summed E-state index contributed by atoms with van der Waals surface area (Å²) < 4.78 is 0.733. The van der Waals surface area contributed by atoms with Crippen LogP contribution in [-0.2, 0) is 27.8 Å². The van der Waals surface area contributed by atoms with Gasteiger partial charge < -0.3 is 24.8 Å². The number of hydrogen-bond acceptors (Lipinski definition) is 0. The molecule has 2 aliphatic carbocycles. The van der Waals surface area contributed by atoms with Gasteiger partial charge in [-0.1, -0.05) is 0 Å². The van der Waals surface area contributed by atoms with Crippen LogP contribution in [0.4, 0.5) is 0 Å². The molecule has 2 aromatic carbocycles. The second-order valence-electron chi connectivity index (χ2n) is 11.1. The van der Waals surface area contributed by atoms with Gasteiger partial charge in [0.25, 0.3) is 0 Å². The summed E-state index contributed by atoms with van der Waals surface area (Å²) in [7, 11) is 0. The van der Waals surface area contributed by atoms with Crippen molar-refractivity contribution in [1.29, 1.82) is 0 Å². The molecule has 2 unspecified atom stereocenters. The molecule has 2 aromatic rings. The van der Waals surface area contributed by atoms with Crippen LogP contribution in [0.15, 0.2) is 71.3 Å². The van der Waals surface area contributed by atoms with Crippen LogP contribution in [0, 0.1) is 0 Å². The molecular formula is C29H36Cl2SiZr. The number of rotatable bonds is 4. The van der Waals surface area contributed by atoms with Crippen molar-refractivity contribution in [3.05, 3.63) is 88.0 Å². The van der Waals surface area contributed by atoms with Crippen molar-refractivity contribution in [3.8, 4) is 11.1 Å². The van der Waals surface area contributed by atoms with Gasteiger partial charge in [-0.15, -0.1) is 0 Å². The molecule has 0 saturated heterocycles. The van der Waals surface area contributed by atoms with Gasteiger partial charge in [0, 0.05) is 0 Å². The molecule has 0 aromatic heterocycles. The SMILES string of the molecule is CC1=CC([Si](C)(C)[Zr+2][CH]2C(C)=Cc3c(-c4ccc(C(C)(C)C)cc4)cccc32)C(C)=C1.[Cl-].[Cl-]. The molecule has 4 rings (SSSR count). The molecule has 0 amide bonds. The van der Waals surface area contributed by atoms with Crippen molar-refractivity contribution >= 4 is 11.3 Å². The molecule has 33 heavy (non-hydrogen) atoms. The molecule has 0 nitrogen and oxygen atoms in total. The molecule has 4 heteroatoms. The standard InChI is InChI=1S/C20H21.C9H15Si.2ClH.Zr/c1-14-12-16-6-5-7-18(19(16)13-14)15-8-10-17(11-9-15)20(2,3)4;1-7-5-8(2)9(6-7)10(3)4;;;/h5-13H,1-4H3;5-6,9H,1-4H3;2*1H;/q;;;;+2/p-2. The largest absolute Gasteiger partial charge is 1.00 e. The van der Waals surface area contributed by atoms with Crippen LogP contribution < -0.4 is 24.8 Å². The van der Waals surface area contributed by atoms with Crippen molar-refractivity contribution in [3.63, 3.8) is 0 Å². The molecule has 0 bridgehead atoms. The van der Waals surface area contributed by atoms with Crippen LogP contribution in [0.25, 0.3) is 17.2 Å². The van der Waals surface area contributed by atoms with Crippen molar-refractivity contribution in [2.75, 3.05) is 0 Å². The van der Waals surface area contributed by atoms with Crippen LogP contribution in [0.5, 0.6) is 0 Å². The number of fused-ring (bicyclic) bond motifs is 1. The molecule has 0 fully saturated rings. The van der Waals surface area contributed by atoms with Crippen LogP contribution in [0.2, 0.25) is 18.6 Å². The first-order valence-corrected chi connectivity index (χ1v) is 19.7. The van der Waals surface area contributed by atoms with Crippen LogP contribution in [0.3, 0.4) is 0 Å². The molecule has 0 saturated carbocycles. The molecule has 0 radical (unpaired) electrons. The monoisotopic (exact) mass is 572 g/mol. The van der Waals surface area contributed by atoms with Gasteiger partial charge in [-0.05, 0) is 0 Å². The van der Waals surface area contributed by atoms with Gasteiger partial charge in [0.2, 0.25) is 0 Å². The average molecular weight is 575 g/mol. The first-order valence-electron chi connectivity index (χ1n) is 11.5. The van der Waals surface area contributed by atoms with E-state index in [0.29, 0.717) is 0 Å². The van der Waals surface area contributed by atoms with E-state index in [2.05, 4.69) is 115 Å². The fraction of sp³-hybridized carbons (Fsp3) is 0.379.